The van der Waals surface area contributed by atoms with E-state index in [4.69, 9.17) is 4.74 Å². The van der Waals surface area contributed by atoms with Crippen molar-refractivity contribution in [1.29, 1.82) is 0 Å². The van der Waals surface area contributed by atoms with Gasteiger partial charge in [0.25, 0.3) is 0 Å². The molecule has 0 radical (unpaired) electrons. The molecule has 0 bridgehead atoms. The van der Waals surface area contributed by atoms with Crippen LogP contribution in [0.1, 0.15) is 6.92 Å². The molecule has 1 aliphatic heterocycles. The molecule has 0 aliphatic carbocycles. The second kappa shape index (κ2) is 6.28. The van der Waals surface area contributed by atoms with Crippen molar-refractivity contribution < 1.29 is 4.74 Å². The van der Waals surface area contributed by atoms with Crippen molar-refractivity contribution in [2.75, 3.05) is 50.5 Å². The van der Waals surface area contributed by atoms with E-state index in [1.807, 2.05) is 23.8 Å². The average Bonchev–Trinajstić information content (AvgIpc) is 3.01. The van der Waals surface area contributed by atoms with Crippen LogP contribution in [0.5, 0.6) is 0 Å². The highest BCUT2D eigenvalue weighted by molar-refractivity contribution is 5.65. The number of hydrogen-bond acceptors (Lipinski definition) is 6. The maximum Gasteiger partial charge on any atom is 0.180 e. The molecular formula is C14H22N6O. The molecule has 0 spiro atoms. The van der Waals surface area contributed by atoms with E-state index < -0.39 is 0 Å². The van der Waals surface area contributed by atoms with Gasteiger partial charge < -0.3 is 19.8 Å². The van der Waals surface area contributed by atoms with E-state index in [0.717, 1.165) is 50.1 Å². The molecule has 0 saturated carbocycles. The van der Waals surface area contributed by atoms with Crippen molar-refractivity contribution >= 4 is 17.3 Å². The minimum atomic E-state index is 0.189. The van der Waals surface area contributed by atoms with Crippen LogP contribution in [-0.2, 0) is 4.74 Å². The van der Waals surface area contributed by atoms with E-state index in [2.05, 4.69) is 32.4 Å². The fourth-order valence-corrected chi connectivity index (χ4v) is 2.57. The van der Waals surface area contributed by atoms with Gasteiger partial charge in [-0.25, -0.2) is 9.97 Å². The van der Waals surface area contributed by atoms with Crippen molar-refractivity contribution in [3.05, 3.63) is 18.6 Å². The number of anilines is 2. The average molecular weight is 290 g/mol. The first-order chi connectivity index (χ1) is 10.3. The Bertz CT molecular complexity index is 598. The third-order valence-electron chi connectivity index (χ3n) is 3.80. The minimum absolute atomic E-state index is 0.189. The second-order valence-electron chi connectivity index (χ2n) is 5.15. The molecule has 2 aromatic rings. The summed E-state index contributed by atoms with van der Waals surface area (Å²) in [5, 5.41) is 6.44. The number of fused-ring (bicyclic) bond motifs is 1. The normalized spacial score (nSPS) is 19.8. The Labute approximate surface area is 124 Å². The van der Waals surface area contributed by atoms with Crippen molar-refractivity contribution in [3.8, 4) is 0 Å². The number of rotatable bonds is 5. The van der Waals surface area contributed by atoms with Crippen molar-refractivity contribution in [1.82, 2.24) is 19.3 Å². The zero-order valence-electron chi connectivity index (χ0n) is 12.5. The Hall–Kier alpha value is -1.86. The van der Waals surface area contributed by atoms with E-state index in [0.29, 0.717) is 0 Å². The number of aromatic nitrogens is 3. The van der Waals surface area contributed by atoms with Crippen molar-refractivity contribution in [3.63, 3.8) is 0 Å². The molecule has 3 heterocycles. The Balaban J connectivity index is 1.71. The van der Waals surface area contributed by atoms with Crippen LogP contribution in [0, 0.1) is 0 Å². The Kier molecular flexibility index (Phi) is 4.21. The van der Waals surface area contributed by atoms with Crippen LogP contribution in [-0.4, -0.2) is 65.2 Å². The summed E-state index contributed by atoms with van der Waals surface area (Å²) in [5.74, 6) is 1.59. The van der Waals surface area contributed by atoms with E-state index in [-0.39, 0.29) is 6.10 Å². The molecule has 1 unspecified atom stereocenters. The molecule has 114 valence electrons. The number of nitrogens with one attached hydrogen (secondary N) is 2. The third kappa shape index (κ3) is 3.08. The van der Waals surface area contributed by atoms with Gasteiger partial charge in [-0.05, 0) is 6.54 Å². The molecule has 7 heteroatoms. The van der Waals surface area contributed by atoms with Gasteiger partial charge in [0, 0.05) is 39.1 Å². The summed E-state index contributed by atoms with van der Waals surface area (Å²) < 4.78 is 7.77. The Morgan fingerprint density at radius 3 is 3.19 bits per heavy atom. The Morgan fingerprint density at radius 1 is 1.48 bits per heavy atom. The molecular weight excluding hydrogens is 268 g/mol. The highest BCUT2D eigenvalue weighted by atomic mass is 16.5. The molecule has 21 heavy (non-hydrogen) atoms. The Morgan fingerprint density at radius 2 is 2.38 bits per heavy atom. The smallest absolute Gasteiger partial charge is 0.180 e. The fraction of sp³-hybridized carbons (Fsp3) is 0.571. The third-order valence-corrected chi connectivity index (χ3v) is 3.80. The maximum absolute atomic E-state index is 5.81. The van der Waals surface area contributed by atoms with Gasteiger partial charge in [0.1, 0.15) is 5.82 Å². The predicted molar refractivity (Wildman–Crippen MR) is 82.9 cm³/mol. The zero-order valence-corrected chi connectivity index (χ0v) is 12.5. The minimum Gasteiger partial charge on any atom is -0.374 e. The van der Waals surface area contributed by atoms with Gasteiger partial charge in [-0.2, -0.15) is 0 Å². The summed E-state index contributed by atoms with van der Waals surface area (Å²) in [4.78, 5) is 11.3. The molecule has 1 aliphatic rings. The summed E-state index contributed by atoms with van der Waals surface area (Å²) in [6.07, 6.45) is 5.80. The molecule has 1 saturated heterocycles. The van der Waals surface area contributed by atoms with Gasteiger partial charge in [0.2, 0.25) is 0 Å². The van der Waals surface area contributed by atoms with Crippen LogP contribution in [0.3, 0.4) is 0 Å². The van der Waals surface area contributed by atoms with Crippen LogP contribution < -0.4 is 10.6 Å². The number of hydrogen-bond donors (Lipinski definition) is 2. The van der Waals surface area contributed by atoms with E-state index >= 15 is 0 Å². The molecule has 3 rings (SSSR count). The van der Waals surface area contributed by atoms with Crippen LogP contribution in [0.15, 0.2) is 18.6 Å². The van der Waals surface area contributed by atoms with Crippen LogP contribution in [0.2, 0.25) is 0 Å². The van der Waals surface area contributed by atoms with Gasteiger partial charge in [-0.1, -0.05) is 6.92 Å². The van der Waals surface area contributed by atoms with Gasteiger partial charge in [0.05, 0.1) is 18.9 Å². The monoisotopic (exact) mass is 290 g/mol. The molecule has 0 amide bonds. The summed E-state index contributed by atoms with van der Waals surface area (Å²) >= 11 is 0. The molecule has 1 atom stereocenters. The van der Waals surface area contributed by atoms with Gasteiger partial charge >= 0.3 is 0 Å². The van der Waals surface area contributed by atoms with Crippen LogP contribution >= 0.6 is 0 Å². The van der Waals surface area contributed by atoms with E-state index in [1.165, 1.54) is 0 Å². The molecule has 1 fully saturated rings. The van der Waals surface area contributed by atoms with E-state index in [9.17, 15) is 0 Å². The molecule has 0 aromatic carbocycles. The molecule has 7 nitrogen and oxygen atoms in total. The highest BCUT2D eigenvalue weighted by Gasteiger charge is 2.19. The zero-order chi connectivity index (χ0) is 14.7. The molecule has 2 N–H and O–H groups in total. The SMILES string of the molecule is CCN1CCOC(CNc2nc(NC)cn3ccnc23)C1. The van der Waals surface area contributed by atoms with Crippen LogP contribution in [0.25, 0.3) is 5.65 Å². The largest absolute Gasteiger partial charge is 0.374 e. The predicted octanol–water partition coefficient (Wildman–Crippen LogP) is 0.904. The number of ether oxygens (including phenoxy) is 1. The maximum atomic E-state index is 5.81. The first kappa shape index (κ1) is 14.1. The summed E-state index contributed by atoms with van der Waals surface area (Å²) in [6, 6.07) is 0. The lowest BCUT2D eigenvalue weighted by Crippen LogP contribution is -2.45. The number of nitrogens with zero attached hydrogens (tertiary/aromatic N) is 4. The second-order valence-corrected chi connectivity index (χ2v) is 5.15. The topological polar surface area (TPSA) is 66.7 Å². The lowest BCUT2D eigenvalue weighted by atomic mass is 10.2. The van der Waals surface area contributed by atoms with E-state index in [1.54, 1.807) is 6.20 Å². The molecule has 2 aromatic heterocycles. The first-order valence-electron chi connectivity index (χ1n) is 7.39. The summed E-state index contributed by atoms with van der Waals surface area (Å²) in [7, 11) is 1.86. The number of imidazole rings is 1. The number of likely N-dealkylation sites (N-methyl/N-ethyl adjacent to an activating group) is 1. The number of morpholine rings is 1. The van der Waals surface area contributed by atoms with Gasteiger partial charge in [-0.15, -0.1) is 0 Å². The van der Waals surface area contributed by atoms with Gasteiger partial charge in [0.15, 0.2) is 11.5 Å². The summed E-state index contributed by atoms with van der Waals surface area (Å²) in [6.45, 7) is 6.76. The van der Waals surface area contributed by atoms with Gasteiger partial charge in [-0.3, -0.25) is 4.90 Å². The summed E-state index contributed by atoms with van der Waals surface area (Å²) in [5.41, 5.74) is 0.831. The standard InChI is InChI=1S/C14H22N6O/c1-3-19-6-7-21-11(9-19)8-17-13-14-16-4-5-20(14)10-12(15-2)18-13/h4-5,10-11,15H,3,6-9H2,1-2H3,(H,17,18). The van der Waals surface area contributed by atoms with Crippen molar-refractivity contribution in [2.24, 2.45) is 0 Å². The quantitative estimate of drug-likeness (QED) is 0.853. The lowest BCUT2D eigenvalue weighted by molar-refractivity contribution is -0.0192. The fourth-order valence-electron chi connectivity index (χ4n) is 2.57. The lowest BCUT2D eigenvalue weighted by Gasteiger charge is -2.32. The van der Waals surface area contributed by atoms with Crippen LogP contribution in [0.4, 0.5) is 11.6 Å². The first-order valence-corrected chi connectivity index (χ1v) is 7.39. The van der Waals surface area contributed by atoms with Crippen molar-refractivity contribution in [2.45, 2.75) is 13.0 Å². The highest BCUT2D eigenvalue weighted by Crippen LogP contribution is 2.16.